The second kappa shape index (κ2) is 4.50. The smallest absolute Gasteiger partial charge is 0.173 e. The van der Waals surface area contributed by atoms with Crippen molar-refractivity contribution in [1.82, 2.24) is 25.2 Å². The van der Waals surface area contributed by atoms with Gasteiger partial charge in [-0.1, -0.05) is 22.7 Å². The van der Waals surface area contributed by atoms with Crippen LogP contribution < -0.4 is 10.0 Å². The normalized spacial score (nSPS) is 23.7. The number of hydrazine groups is 1. The Morgan fingerprint density at radius 3 is 2.92 bits per heavy atom. The lowest BCUT2D eigenvalue weighted by atomic mass is 10.1. The molecule has 0 N–H and O–H groups in total. The van der Waals surface area contributed by atoms with Gasteiger partial charge >= 0.3 is 0 Å². The number of nitrogens with zero attached hydrogens (tertiary/aromatic N) is 8. The minimum absolute atomic E-state index is 0.163. The van der Waals surface area contributed by atoms with E-state index in [-0.39, 0.29) is 12.8 Å². The molecule has 1 aromatic heterocycles. The molecule has 1 fully saturated rings. The SMILES string of the molecule is FN1C=C2N(C1)c1ccccc1C1N=CN(n3nncc3C3CC3)N21. The number of aliphatic imine (C=N–C) groups is 1. The fraction of sp³-hybridized carbons (Fsp3) is 0.312. The Kier molecular flexibility index (Phi) is 2.38. The maximum atomic E-state index is 14.1. The number of fused-ring (bicyclic) bond motifs is 6. The molecule has 1 unspecified atom stereocenters. The first kappa shape index (κ1) is 13.2. The lowest BCUT2D eigenvalue weighted by Gasteiger charge is -2.42. The number of hydrogen-bond acceptors (Lipinski definition) is 7. The van der Waals surface area contributed by atoms with Crippen molar-refractivity contribution >= 4 is 12.0 Å². The third-order valence-corrected chi connectivity index (χ3v) is 5.06. The Morgan fingerprint density at radius 1 is 1.16 bits per heavy atom. The van der Waals surface area contributed by atoms with Crippen molar-refractivity contribution in [2.45, 2.75) is 24.9 Å². The Bertz CT molecular complexity index is 916. The van der Waals surface area contributed by atoms with E-state index in [0.717, 1.165) is 35.6 Å². The van der Waals surface area contributed by atoms with Gasteiger partial charge in [0.15, 0.2) is 12.0 Å². The van der Waals surface area contributed by atoms with Crippen LogP contribution in [0.3, 0.4) is 0 Å². The average Bonchev–Trinajstić information content (AvgIpc) is 3.05. The largest absolute Gasteiger partial charge is 0.304 e. The van der Waals surface area contributed by atoms with Crippen LogP contribution in [0.25, 0.3) is 0 Å². The summed E-state index contributed by atoms with van der Waals surface area (Å²) in [5.41, 5.74) is 3.09. The van der Waals surface area contributed by atoms with Gasteiger partial charge in [0.2, 0.25) is 0 Å². The van der Waals surface area contributed by atoms with Crippen LogP contribution in [0.1, 0.15) is 36.2 Å². The molecule has 1 saturated carbocycles. The Morgan fingerprint density at radius 2 is 2.04 bits per heavy atom. The lowest BCUT2D eigenvalue weighted by molar-refractivity contribution is 0.104. The van der Waals surface area contributed by atoms with Crippen LogP contribution in [0.4, 0.5) is 10.2 Å². The minimum Gasteiger partial charge on any atom is -0.304 e. The molecule has 1 atom stereocenters. The maximum absolute atomic E-state index is 14.1. The van der Waals surface area contributed by atoms with E-state index in [1.54, 1.807) is 17.3 Å². The predicted molar refractivity (Wildman–Crippen MR) is 88.1 cm³/mol. The molecule has 3 aliphatic heterocycles. The monoisotopic (exact) mass is 338 g/mol. The zero-order valence-electron chi connectivity index (χ0n) is 13.3. The fourth-order valence-corrected chi connectivity index (χ4v) is 3.76. The number of para-hydroxylation sites is 1. The van der Waals surface area contributed by atoms with E-state index in [9.17, 15) is 4.48 Å². The van der Waals surface area contributed by atoms with Gasteiger partial charge in [0.1, 0.15) is 13.0 Å². The van der Waals surface area contributed by atoms with Gasteiger partial charge in [-0.15, -0.1) is 9.89 Å². The van der Waals surface area contributed by atoms with Crippen molar-refractivity contribution in [3.63, 3.8) is 0 Å². The highest BCUT2D eigenvalue weighted by atomic mass is 19.2. The van der Waals surface area contributed by atoms with E-state index in [1.807, 2.05) is 39.3 Å². The molecule has 126 valence electrons. The first-order chi connectivity index (χ1) is 12.3. The molecule has 8 nitrogen and oxygen atoms in total. The van der Waals surface area contributed by atoms with Crippen LogP contribution in [-0.2, 0) is 0 Å². The average molecular weight is 338 g/mol. The van der Waals surface area contributed by atoms with Gasteiger partial charge in [-0.2, -0.15) is 10.2 Å². The van der Waals surface area contributed by atoms with E-state index < -0.39 is 0 Å². The predicted octanol–water partition coefficient (Wildman–Crippen LogP) is 1.83. The van der Waals surface area contributed by atoms with Crippen LogP contribution in [0, 0.1) is 0 Å². The number of anilines is 1. The summed E-state index contributed by atoms with van der Waals surface area (Å²) < 4.78 is 14.1. The van der Waals surface area contributed by atoms with Crippen LogP contribution >= 0.6 is 0 Å². The van der Waals surface area contributed by atoms with E-state index in [2.05, 4.69) is 15.3 Å². The summed E-state index contributed by atoms with van der Waals surface area (Å²) in [6.45, 7) is 0.163. The zero-order valence-corrected chi connectivity index (χ0v) is 13.3. The zero-order chi connectivity index (χ0) is 16.5. The minimum atomic E-state index is -0.235. The lowest BCUT2D eigenvalue weighted by Crippen LogP contribution is -2.51. The molecule has 25 heavy (non-hydrogen) atoms. The third kappa shape index (κ3) is 1.72. The standard InChI is InChI=1S/C16H15FN8/c17-21-8-15-22(10-21)13-4-2-1-3-12(13)16-18-9-23(24(15)16)25-14(7-19-20-25)11-5-6-11/h1-4,7-9,11,16H,5-6,10H2. The quantitative estimate of drug-likeness (QED) is 0.779. The maximum Gasteiger partial charge on any atom is 0.173 e. The molecule has 4 heterocycles. The molecular formula is C16H15FN8. The summed E-state index contributed by atoms with van der Waals surface area (Å²) in [5.74, 6) is 1.23. The number of aromatic nitrogens is 3. The summed E-state index contributed by atoms with van der Waals surface area (Å²) in [4.78, 5) is 8.39. The molecule has 9 heteroatoms. The van der Waals surface area contributed by atoms with Crippen molar-refractivity contribution in [3.05, 3.63) is 53.7 Å². The molecule has 0 radical (unpaired) electrons. The molecule has 0 bridgehead atoms. The number of hydrogen-bond donors (Lipinski definition) is 0. The summed E-state index contributed by atoms with van der Waals surface area (Å²) >= 11 is 0. The Labute approximate surface area is 142 Å². The van der Waals surface area contributed by atoms with Gasteiger partial charge in [-0.25, -0.2) is 10.0 Å². The van der Waals surface area contributed by atoms with Crippen molar-refractivity contribution < 1.29 is 4.48 Å². The highest BCUT2D eigenvalue weighted by Gasteiger charge is 2.45. The highest BCUT2D eigenvalue weighted by Crippen LogP contribution is 2.46. The third-order valence-electron chi connectivity index (χ3n) is 5.06. The molecule has 0 saturated heterocycles. The Hall–Kier alpha value is -3.10. The van der Waals surface area contributed by atoms with Crippen molar-refractivity contribution in [3.8, 4) is 0 Å². The molecule has 4 aliphatic rings. The second-order valence-corrected chi connectivity index (χ2v) is 6.64. The number of benzene rings is 1. The van der Waals surface area contributed by atoms with E-state index >= 15 is 0 Å². The fourth-order valence-electron chi connectivity index (χ4n) is 3.76. The van der Waals surface area contributed by atoms with Crippen LogP contribution in [0.15, 0.2) is 47.5 Å². The molecule has 0 spiro atoms. The van der Waals surface area contributed by atoms with Crippen molar-refractivity contribution in [2.24, 2.45) is 4.99 Å². The first-order valence-electron chi connectivity index (χ1n) is 8.34. The first-order valence-corrected chi connectivity index (χ1v) is 8.34. The molecule has 2 aromatic rings. The van der Waals surface area contributed by atoms with Gasteiger partial charge in [-0.05, 0) is 24.1 Å². The van der Waals surface area contributed by atoms with Gasteiger partial charge in [-0.3, -0.25) is 0 Å². The van der Waals surface area contributed by atoms with Gasteiger partial charge in [0.05, 0.1) is 23.8 Å². The molecule has 6 rings (SSSR count). The van der Waals surface area contributed by atoms with E-state index in [0.29, 0.717) is 11.0 Å². The van der Waals surface area contributed by atoms with Crippen molar-refractivity contribution in [1.29, 1.82) is 0 Å². The molecule has 1 aromatic carbocycles. The topological polar surface area (TPSA) is 56.0 Å². The summed E-state index contributed by atoms with van der Waals surface area (Å²) in [6, 6.07) is 7.99. The van der Waals surface area contributed by atoms with E-state index in [1.165, 1.54) is 6.20 Å². The Balaban J connectivity index is 1.50. The van der Waals surface area contributed by atoms with E-state index in [4.69, 9.17) is 0 Å². The van der Waals surface area contributed by atoms with Gasteiger partial charge in [0.25, 0.3) is 0 Å². The van der Waals surface area contributed by atoms with Crippen LogP contribution in [0.5, 0.6) is 0 Å². The number of rotatable bonds is 2. The summed E-state index contributed by atoms with van der Waals surface area (Å²) in [6.07, 6.45) is 7.11. The molecular weight excluding hydrogens is 323 g/mol. The summed E-state index contributed by atoms with van der Waals surface area (Å²) in [7, 11) is 0. The second-order valence-electron chi connectivity index (χ2n) is 6.64. The van der Waals surface area contributed by atoms with Gasteiger partial charge in [0, 0.05) is 11.5 Å². The molecule has 0 amide bonds. The summed E-state index contributed by atoms with van der Waals surface area (Å²) in [5, 5.41) is 12.8. The molecule has 1 aliphatic carbocycles. The number of halogens is 1. The van der Waals surface area contributed by atoms with Crippen LogP contribution in [0.2, 0.25) is 0 Å². The van der Waals surface area contributed by atoms with Crippen LogP contribution in [-0.4, -0.2) is 38.2 Å². The van der Waals surface area contributed by atoms with Gasteiger partial charge < -0.3 is 4.90 Å². The highest BCUT2D eigenvalue weighted by molar-refractivity contribution is 5.74. The van der Waals surface area contributed by atoms with Crippen molar-refractivity contribution in [2.75, 3.05) is 16.7 Å².